The van der Waals surface area contributed by atoms with Gasteiger partial charge in [0, 0.05) is 6.54 Å². The van der Waals surface area contributed by atoms with Gasteiger partial charge in [0.25, 0.3) is 0 Å². The summed E-state index contributed by atoms with van der Waals surface area (Å²) in [5, 5.41) is 3.63. The lowest BCUT2D eigenvalue weighted by Gasteiger charge is -2.11. The summed E-state index contributed by atoms with van der Waals surface area (Å²) in [6, 6.07) is 9.17. The van der Waals surface area contributed by atoms with Crippen LogP contribution in [0.15, 0.2) is 24.3 Å². The average Bonchev–Trinajstić information content (AvgIpc) is 3.09. The summed E-state index contributed by atoms with van der Waals surface area (Å²) in [6.45, 7) is 2.27. The summed E-state index contributed by atoms with van der Waals surface area (Å²) < 4.78 is 0. The second-order valence-electron chi connectivity index (χ2n) is 5.80. The second-order valence-corrected chi connectivity index (χ2v) is 5.80. The van der Waals surface area contributed by atoms with E-state index < -0.39 is 0 Å². The van der Waals surface area contributed by atoms with Crippen LogP contribution in [0, 0.1) is 5.92 Å². The van der Waals surface area contributed by atoms with Crippen LogP contribution in [0.1, 0.15) is 55.6 Å². The maximum absolute atomic E-state index is 3.63. The average molecular weight is 229 g/mol. The van der Waals surface area contributed by atoms with Crippen molar-refractivity contribution in [3.8, 4) is 0 Å². The molecule has 1 heteroatoms. The molecule has 0 aliphatic heterocycles. The Balaban J connectivity index is 1.48. The van der Waals surface area contributed by atoms with Gasteiger partial charge in [-0.05, 0) is 55.2 Å². The molecular formula is C16H23N. The fourth-order valence-corrected chi connectivity index (χ4v) is 3.01. The van der Waals surface area contributed by atoms with E-state index in [-0.39, 0.29) is 0 Å². The standard InChI is InChI=1S/C16H23N/c1-2-5-13(4-1)11-17-12-14-6-3-7-16(10-14)15-8-9-15/h3,6-7,10,13,15,17H,1-2,4-5,8-9,11-12H2. The molecular weight excluding hydrogens is 206 g/mol. The third-order valence-electron chi connectivity index (χ3n) is 4.24. The van der Waals surface area contributed by atoms with Crippen molar-refractivity contribution in [1.29, 1.82) is 0 Å². The molecule has 0 heterocycles. The number of benzene rings is 1. The largest absolute Gasteiger partial charge is 0.312 e. The molecule has 17 heavy (non-hydrogen) atoms. The Labute approximate surface area is 105 Å². The van der Waals surface area contributed by atoms with E-state index in [9.17, 15) is 0 Å². The van der Waals surface area contributed by atoms with Gasteiger partial charge in [0.2, 0.25) is 0 Å². The van der Waals surface area contributed by atoms with Crippen molar-refractivity contribution in [2.45, 2.75) is 51.0 Å². The molecule has 0 amide bonds. The maximum atomic E-state index is 3.63. The molecule has 92 valence electrons. The lowest BCUT2D eigenvalue weighted by Crippen LogP contribution is -2.20. The molecule has 0 saturated heterocycles. The molecule has 0 spiro atoms. The molecule has 2 saturated carbocycles. The van der Waals surface area contributed by atoms with Crippen molar-refractivity contribution in [2.75, 3.05) is 6.54 Å². The zero-order valence-corrected chi connectivity index (χ0v) is 10.6. The maximum Gasteiger partial charge on any atom is 0.0205 e. The zero-order valence-electron chi connectivity index (χ0n) is 10.6. The van der Waals surface area contributed by atoms with E-state index in [2.05, 4.69) is 29.6 Å². The van der Waals surface area contributed by atoms with Gasteiger partial charge in [-0.3, -0.25) is 0 Å². The van der Waals surface area contributed by atoms with Crippen molar-refractivity contribution >= 4 is 0 Å². The molecule has 3 rings (SSSR count). The monoisotopic (exact) mass is 229 g/mol. The lowest BCUT2D eigenvalue weighted by atomic mass is 10.1. The Kier molecular flexibility index (Phi) is 3.46. The van der Waals surface area contributed by atoms with Crippen molar-refractivity contribution in [3.63, 3.8) is 0 Å². The number of hydrogen-bond donors (Lipinski definition) is 1. The van der Waals surface area contributed by atoms with E-state index in [0.29, 0.717) is 0 Å². The quantitative estimate of drug-likeness (QED) is 0.809. The summed E-state index contributed by atoms with van der Waals surface area (Å²) in [5.74, 6) is 1.83. The van der Waals surface area contributed by atoms with Gasteiger partial charge in [0.15, 0.2) is 0 Å². The van der Waals surface area contributed by atoms with Gasteiger partial charge >= 0.3 is 0 Å². The molecule has 0 aromatic heterocycles. The van der Waals surface area contributed by atoms with E-state index in [1.54, 1.807) is 5.56 Å². The number of nitrogens with one attached hydrogen (secondary N) is 1. The van der Waals surface area contributed by atoms with E-state index >= 15 is 0 Å². The fraction of sp³-hybridized carbons (Fsp3) is 0.625. The van der Waals surface area contributed by atoms with Crippen LogP contribution in [-0.4, -0.2) is 6.54 Å². The van der Waals surface area contributed by atoms with Crippen LogP contribution in [-0.2, 0) is 6.54 Å². The predicted molar refractivity (Wildman–Crippen MR) is 72.1 cm³/mol. The Bertz CT molecular complexity index is 362. The lowest BCUT2D eigenvalue weighted by molar-refractivity contribution is 0.489. The second kappa shape index (κ2) is 5.22. The minimum atomic E-state index is 0.879. The molecule has 0 bridgehead atoms. The molecule has 1 aromatic rings. The predicted octanol–water partition coefficient (Wildman–Crippen LogP) is 3.84. The Morgan fingerprint density at radius 2 is 1.88 bits per heavy atom. The first-order valence-electron chi connectivity index (χ1n) is 7.21. The molecule has 2 fully saturated rings. The van der Waals surface area contributed by atoms with Gasteiger partial charge < -0.3 is 5.32 Å². The van der Waals surface area contributed by atoms with Crippen LogP contribution in [0.2, 0.25) is 0 Å². The minimum Gasteiger partial charge on any atom is -0.312 e. The molecule has 0 atom stereocenters. The zero-order chi connectivity index (χ0) is 11.5. The summed E-state index contributed by atoms with van der Waals surface area (Å²) in [4.78, 5) is 0. The normalized spacial score (nSPS) is 20.9. The van der Waals surface area contributed by atoms with Crippen molar-refractivity contribution < 1.29 is 0 Å². The van der Waals surface area contributed by atoms with E-state index in [1.165, 1.54) is 50.6 Å². The van der Waals surface area contributed by atoms with Gasteiger partial charge in [-0.25, -0.2) is 0 Å². The van der Waals surface area contributed by atoms with Gasteiger partial charge in [-0.15, -0.1) is 0 Å². The summed E-state index contributed by atoms with van der Waals surface area (Å²) >= 11 is 0. The summed E-state index contributed by atoms with van der Waals surface area (Å²) in [5.41, 5.74) is 3.03. The van der Waals surface area contributed by atoms with E-state index in [4.69, 9.17) is 0 Å². The van der Waals surface area contributed by atoms with Crippen LogP contribution >= 0.6 is 0 Å². The highest BCUT2D eigenvalue weighted by Gasteiger charge is 2.23. The topological polar surface area (TPSA) is 12.0 Å². The van der Waals surface area contributed by atoms with Gasteiger partial charge in [-0.1, -0.05) is 37.1 Å². The van der Waals surface area contributed by atoms with Gasteiger partial charge in [0.1, 0.15) is 0 Å². The Hall–Kier alpha value is -0.820. The van der Waals surface area contributed by atoms with E-state index in [1.807, 2.05) is 0 Å². The van der Waals surface area contributed by atoms with Gasteiger partial charge in [-0.2, -0.15) is 0 Å². The summed E-state index contributed by atoms with van der Waals surface area (Å²) in [7, 11) is 0. The number of rotatable bonds is 5. The SMILES string of the molecule is c1cc(CNCC2CCCC2)cc(C2CC2)c1. The highest BCUT2D eigenvalue weighted by molar-refractivity contribution is 5.29. The van der Waals surface area contributed by atoms with Crippen molar-refractivity contribution in [1.82, 2.24) is 5.32 Å². The Morgan fingerprint density at radius 1 is 1.06 bits per heavy atom. The molecule has 1 aromatic carbocycles. The van der Waals surface area contributed by atoms with Gasteiger partial charge in [0.05, 0.1) is 0 Å². The minimum absolute atomic E-state index is 0.879. The Morgan fingerprint density at radius 3 is 2.65 bits per heavy atom. The van der Waals surface area contributed by atoms with Crippen LogP contribution in [0.3, 0.4) is 0 Å². The highest BCUT2D eigenvalue weighted by Crippen LogP contribution is 2.40. The smallest absolute Gasteiger partial charge is 0.0205 e. The number of hydrogen-bond acceptors (Lipinski definition) is 1. The van der Waals surface area contributed by atoms with Crippen LogP contribution in [0.4, 0.5) is 0 Å². The van der Waals surface area contributed by atoms with Crippen LogP contribution in [0.5, 0.6) is 0 Å². The third-order valence-corrected chi connectivity index (χ3v) is 4.24. The first kappa shape index (κ1) is 11.3. The molecule has 0 unspecified atom stereocenters. The molecule has 2 aliphatic rings. The van der Waals surface area contributed by atoms with Crippen molar-refractivity contribution in [2.24, 2.45) is 5.92 Å². The molecule has 2 aliphatic carbocycles. The highest BCUT2D eigenvalue weighted by atomic mass is 14.9. The fourth-order valence-electron chi connectivity index (χ4n) is 3.01. The van der Waals surface area contributed by atoms with E-state index in [0.717, 1.165) is 18.4 Å². The van der Waals surface area contributed by atoms with Crippen LogP contribution in [0.25, 0.3) is 0 Å². The first-order chi connectivity index (χ1) is 8.42. The first-order valence-corrected chi connectivity index (χ1v) is 7.21. The summed E-state index contributed by atoms with van der Waals surface area (Å²) in [6.07, 6.45) is 8.58. The molecule has 1 N–H and O–H groups in total. The molecule has 0 radical (unpaired) electrons. The molecule has 1 nitrogen and oxygen atoms in total. The van der Waals surface area contributed by atoms with Crippen LogP contribution < -0.4 is 5.32 Å². The van der Waals surface area contributed by atoms with Crippen molar-refractivity contribution in [3.05, 3.63) is 35.4 Å². The third kappa shape index (κ3) is 3.10.